The predicted octanol–water partition coefficient (Wildman–Crippen LogP) is 4.01. The molecule has 0 heterocycles. The van der Waals surface area contributed by atoms with Crippen LogP contribution in [0.1, 0.15) is 47.0 Å². The monoisotopic (exact) mass is 305 g/mol. The molecule has 22 heavy (non-hydrogen) atoms. The van der Waals surface area contributed by atoms with Crippen LogP contribution in [0.4, 0.5) is 5.69 Å². The molecule has 0 saturated heterocycles. The van der Waals surface area contributed by atoms with Gasteiger partial charge < -0.3 is 14.8 Å². The minimum absolute atomic E-state index is 0.0626. The summed E-state index contributed by atoms with van der Waals surface area (Å²) in [6, 6.07) is 7.51. The van der Waals surface area contributed by atoms with Gasteiger partial charge in [0.25, 0.3) is 5.91 Å². The Bertz CT molecular complexity index is 496. The number of hydrogen-bond donors (Lipinski definition) is 1. The number of rotatable bonds is 8. The van der Waals surface area contributed by atoms with E-state index < -0.39 is 5.60 Å². The van der Waals surface area contributed by atoms with E-state index in [1.165, 1.54) is 0 Å². The zero-order valence-electron chi connectivity index (χ0n) is 14.0. The molecule has 1 N–H and O–H groups in total. The second-order valence-corrected chi connectivity index (χ2v) is 6.13. The molecule has 0 aromatic heterocycles. The van der Waals surface area contributed by atoms with Gasteiger partial charge in [-0.1, -0.05) is 6.92 Å². The fourth-order valence-corrected chi connectivity index (χ4v) is 2.49. The maximum absolute atomic E-state index is 12.5. The summed E-state index contributed by atoms with van der Waals surface area (Å²) in [5.74, 6) is 1.09. The van der Waals surface area contributed by atoms with E-state index in [0.29, 0.717) is 12.5 Å². The van der Waals surface area contributed by atoms with Crippen molar-refractivity contribution in [3.63, 3.8) is 0 Å². The fourth-order valence-electron chi connectivity index (χ4n) is 2.49. The van der Waals surface area contributed by atoms with Crippen LogP contribution in [0.2, 0.25) is 0 Å². The Hall–Kier alpha value is -1.55. The predicted molar refractivity (Wildman–Crippen MR) is 88.2 cm³/mol. The van der Waals surface area contributed by atoms with Crippen LogP contribution in [0, 0.1) is 5.92 Å². The number of hydrogen-bond acceptors (Lipinski definition) is 3. The van der Waals surface area contributed by atoms with Crippen LogP contribution >= 0.6 is 0 Å². The molecule has 4 heteroatoms. The van der Waals surface area contributed by atoms with Gasteiger partial charge in [0.05, 0.1) is 6.10 Å². The number of carbonyl (C=O) groups is 1. The van der Waals surface area contributed by atoms with Gasteiger partial charge in [0.2, 0.25) is 0 Å². The Morgan fingerprint density at radius 3 is 2.45 bits per heavy atom. The highest BCUT2D eigenvalue weighted by molar-refractivity contribution is 5.97. The molecule has 0 bridgehead atoms. The topological polar surface area (TPSA) is 47.6 Å². The lowest BCUT2D eigenvalue weighted by molar-refractivity contribution is -0.141. The summed E-state index contributed by atoms with van der Waals surface area (Å²) in [5, 5.41) is 2.96. The molecule has 0 radical (unpaired) electrons. The number of benzene rings is 1. The normalized spacial score (nSPS) is 18.4. The van der Waals surface area contributed by atoms with E-state index in [-0.39, 0.29) is 12.0 Å². The standard InChI is InChI=1S/C18H27NO3/c1-5-13(3)22-16-11-9-15(10-12-16)19-17(20)18(4,21-6-2)14-7-8-14/h9-14H,5-8H2,1-4H3,(H,19,20)/t13-,18-/m0/s1. The molecule has 1 aliphatic carbocycles. The van der Waals surface area contributed by atoms with Crippen molar-refractivity contribution in [3.05, 3.63) is 24.3 Å². The lowest BCUT2D eigenvalue weighted by Gasteiger charge is -2.28. The van der Waals surface area contributed by atoms with Gasteiger partial charge >= 0.3 is 0 Å². The first-order chi connectivity index (χ1) is 10.5. The maximum atomic E-state index is 12.5. The molecule has 0 unspecified atom stereocenters. The van der Waals surface area contributed by atoms with E-state index >= 15 is 0 Å². The molecule has 1 fully saturated rings. The van der Waals surface area contributed by atoms with Gasteiger partial charge in [0, 0.05) is 12.3 Å². The highest BCUT2D eigenvalue weighted by Gasteiger charge is 2.48. The minimum Gasteiger partial charge on any atom is -0.491 e. The van der Waals surface area contributed by atoms with Gasteiger partial charge in [-0.3, -0.25) is 4.79 Å². The smallest absolute Gasteiger partial charge is 0.256 e. The number of nitrogens with one attached hydrogen (secondary N) is 1. The summed E-state index contributed by atoms with van der Waals surface area (Å²) < 4.78 is 11.5. The zero-order valence-corrected chi connectivity index (χ0v) is 14.0. The van der Waals surface area contributed by atoms with Gasteiger partial charge in [-0.15, -0.1) is 0 Å². The summed E-state index contributed by atoms with van der Waals surface area (Å²) in [7, 11) is 0. The van der Waals surface area contributed by atoms with Crippen molar-refractivity contribution in [1.29, 1.82) is 0 Å². The Kier molecular flexibility index (Phi) is 5.46. The van der Waals surface area contributed by atoms with Gasteiger partial charge in [-0.05, 0) is 70.2 Å². The molecule has 1 aliphatic rings. The third kappa shape index (κ3) is 4.01. The van der Waals surface area contributed by atoms with E-state index in [4.69, 9.17) is 9.47 Å². The van der Waals surface area contributed by atoms with Crippen LogP contribution < -0.4 is 10.1 Å². The molecule has 122 valence electrons. The summed E-state index contributed by atoms with van der Waals surface area (Å²) in [5.41, 5.74) is 0.0498. The van der Waals surface area contributed by atoms with Crippen LogP contribution in [0.3, 0.4) is 0 Å². The first kappa shape index (κ1) is 16.8. The molecule has 1 amide bonds. The van der Waals surface area contributed by atoms with Crippen molar-refractivity contribution in [3.8, 4) is 5.75 Å². The fraction of sp³-hybridized carbons (Fsp3) is 0.611. The summed E-state index contributed by atoms with van der Waals surface area (Å²) in [4.78, 5) is 12.5. The van der Waals surface area contributed by atoms with E-state index in [2.05, 4.69) is 12.2 Å². The molecule has 1 aromatic carbocycles. The van der Waals surface area contributed by atoms with Crippen molar-refractivity contribution in [2.45, 2.75) is 58.7 Å². The first-order valence-electron chi connectivity index (χ1n) is 8.21. The second-order valence-electron chi connectivity index (χ2n) is 6.13. The molecule has 0 aliphatic heterocycles. The Labute approximate surface area is 133 Å². The van der Waals surface area contributed by atoms with Crippen LogP contribution in [0.15, 0.2) is 24.3 Å². The SMILES string of the molecule is CCO[C@](C)(C(=O)Nc1ccc(O[C@@H](C)CC)cc1)C1CC1. The molecule has 0 spiro atoms. The molecule has 1 aromatic rings. The van der Waals surface area contributed by atoms with E-state index in [1.807, 2.05) is 45.0 Å². The van der Waals surface area contributed by atoms with Gasteiger partial charge in [0.1, 0.15) is 11.4 Å². The molecular weight excluding hydrogens is 278 g/mol. The Morgan fingerprint density at radius 1 is 1.32 bits per heavy atom. The van der Waals surface area contributed by atoms with E-state index in [0.717, 1.165) is 30.7 Å². The molecular formula is C18H27NO3. The van der Waals surface area contributed by atoms with Crippen LogP contribution in [-0.2, 0) is 9.53 Å². The average Bonchev–Trinajstić information content (AvgIpc) is 3.34. The van der Waals surface area contributed by atoms with Gasteiger partial charge in [0.15, 0.2) is 0 Å². The Morgan fingerprint density at radius 2 is 1.95 bits per heavy atom. The highest BCUT2D eigenvalue weighted by Crippen LogP contribution is 2.42. The van der Waals surface area contributed by atoms with Crippen molar-refractivity contribution in [2.75, 3.05) is 11.9 Å². The lowest BCUT2D eigenvalue weighted by atomic mass is 9.99. The second kappa shape index (κ2) is 7.14. The number of amides is 1. The third-order valence-corrected chi connectivity index (χ3v) is 4.28. The first-order valence-corrected chi connectivity index (χ1v) is 8.21. The summed E-state index contributed by atoms with van der Waals surface area (Å²) >= 11 is 0. The average molecular weight is 305 g/mol. The highest BCUT2D eigenvalue weighted by atomic mass is 16.5. The molecule has 4 nitrogen and oxygen atoms in total. The van der Waals surface area contributed by atoms with Crippen molar-refractivity contribution < 1.29 is 14.3 Å². The van der Waals surface area contributed by atoms with Crippen molar-refractivity contribution in [1.82, 2.24) is 0 Å². The largest absolute Gasteiger partial charge is 0.491 e. The number of anilines is 1. The van der Waals surface area contributed by atoms with Gasteiger partial charge in [-0.2, -0.15) is 0 Å². The minimum atomic E-state index is -0.722. The quantitative estimate of drug-likeness (QED) is 0.789. The molecule has 2 atom stereocenters. The maximum Gasteiger partial charge on any atom is 0.256 e. The zero-order chi connectivity index (χ0) is 16.2. The molecule has 1 saturated carbocycles. The summed E-state index contributed by atoms with van der Waals surface area (Å²) in [6.45, 7) is 8.49. The summed E-state index contributed by atoms with van der Waals surface area (Å²) in [6.07, 6.45) is 3.28. The van der Waals surface area contributed by atoms with E-state index in [1.54, 1.807) is 0 Å². The van der Waals surface area contributed by atoms with E-state index in [9.17, 15) is 4.79 Å². The Balaban J connectivity index is 1.99. The number of carbonyl (C=O) groups excluding carboxylic acids is 1. The van der Waals surface area contributed by atoms with Crippen LogP contribution in [0.5, 0.6) is 5.75 Å². The van der Waals surface area contributed by atoms with Crippen molar-refractivity contribution in [2.24, 2.45) is 5.92 Å². The van der Waals surface area contributed by atoms with Crippen LogP contribution in [-0.4, -0.2) is 24.2 Å². The van der Waals surface area contributed by atoms with Crippen LogP contribution in [0.25, 0.3) is 0 Å². The molecule has 2 rings (SSSR count). The van der Waals surface area contributed by atoms with Gasteiger partial charge in [-0.25, -0.2) is 0 Å². The lowest BCUT2D eigenvalue weighted by Crippen LogP contribution is -2.44. The van der Waals surface area contributed by atoms with Crippen molar-refractivity contribution >= 4 is 11.6 Å². The third-order valence-electron chi connectivity index (χ3n) is 4.28. The number of ether oxygens (including phenoxy) is 2.